The molecule has 0 unspecified atom stereocenters. The van der Waals surface area contributed by atoms with E-state index in [9.17, 15) is 0 Å². The number of hydrogen-bond donors (Lipinski definition) is 0. The van der Waals surface area contributed by atoms with Crippen molar-refractivity contribution in [3.63, 3.8) is 0 Å². The van der Waals surface area contributed by atoms with Crippen LogP contribution in [0.2, 0.25) is 0 Å². The number of ether oxygens (including phenoxy) is 2. The number of methoxy groups -OCH3 is 2. The van der Waals surface area contributed by atoms with Gasteiger partial charge in [-0.3, -0.25) is 9.98 Å². The molecule has 8 aromatic carbocycles. The largest absolute Gasteiger partial charge is 0.496 e. The van der Waals surface area contributed by atoms with Crippen LogP contribution in [0.4, 0.5) is 11.4 Å². The highest BCUT2D eigenvalue weighted by Crippen LogP contribution is 2.47. The molecule has 56 heavy (non-hydrogen) atoms. The predicted octanol–water partition coefficient (Wildman–Crippen LogP) is 13.3. The van der Waals surface area contributed by atoms with E-state index in [4.69, 9.17) is 24.4 Å². The summed E-state index contributed by atoms with van der Waals surface area (Å²) in [4.78, 5) is 15.8. The van der Waals surface area contributed by atoms with Gasteiger partial charge in [-0.1, -0.05) is 127 Å². The third kappa shape index (κ3) is 6.13. The minimum atomic E-state index is 0.774. The van der Waals surface area contributed by atoms with Crippen molar-refractivity contribution in [2.45, 2.75) is 13.8 Å². The normalized spacial score (nSPS) is 12.1. The van der Waals surface area contributed by atoms with Crippen LogP contribution in [-0.2, 0) is 0 Å². The van der Waals surface area contributed by atoms with Crippen molar-refractivity contribution < 1.29 is 9.47 Å². The van der Waals surface area contributed by atoms with E-state index in [1.165, 1.54) is 0 Å². The van der Waals surface area contributed by atoms with Crippen molar-refractivity contribution in [2.75, 3.05) is 14.2 Å². The summed E-state index contributed by atoms with van der Waals surface area (Å²) in [5, 5.41) is 8.98. The van der Waals surface area contributed by atoms with Crippen molar-refractivity contribution in [3.8, 4) is 33.8 Å². The standard InChI is InChI=1S/C51H39N3O2/c1-32(52-44-28-24-34-14-5-9-18-38(34)48(44)50-40-20-11-7-16-36(40)26-30-46(50)55-3)42-22-13-23-43(54-42)33(2)53-45-29-25-35-15-6-10-19-39(35)49(45)51-41-21-12-8-17-37(41)27-31-47(51)56-4/h5-31H,1-4H3. The quantitative estimate of drug-likeness (QED) is 0.147. The second-order valence-electron chi connectivity index (χ2n) is 13.9. The number of aromatic nitrogens is 1. The summed E-state index contributed by atoms with van der Waals surface area (Å²) in [5.41, 5.74) is 8.92. The molecule has 0 aliphatic heterocycles. The van der Waals surface area contributed by atoms with E-state index in [0.717, 1.165) is 111 Å². The Bertz CT molecular complexity index is 2830. The van der Waals surface area contributed by atoms with Crippen LogP contribution in [0.15, 0.2) is 174 Å². The molecule has 0 aliphatic rings. The maximum absolute atomic E-state index is 6.01. The third-order valence-electron chi connectivity index (χ3n) is 10.6. The molecule has 5 nitrogen and oxygen atoms in total. The number of benzene rings is 8. The Morgan fingerprint density at radius 2 is 0.714 bits per heavy atom. The first-order chi connectivity index (χ1) is 27.5. The van der Waals surface area contributed by atoms with Gasteiger partial charge < -0.3 is 9.47 Å². The number of hydrogen-bond acceptors (Lipinski definition) is 5. The summed E-state index contributed by atoms with van der Waals surface area (Å²) in [6, 6.07) is 56.6. The van der Waals surface area contributed by atoms with E-state index in [-0.39, 0.29) is 0 Å². The summed E-state index contributed by atoms with van der Waals surface area (Å²) < 4.78 is 12.0. The summed E-state index contributed by atoms with van der Waals surface area (Å²) in [6.07, 6.45) is 0. The number of aliphatic imine (C=N–C) groups is 2. The van der Waals surface area contributed by atoms with Gasteiger partial charge in [-0.05, 0) is 93.3 Å². The van der Waals surface area contributed by atoms with E-state index in [1.807, 2.05) is 44.2 Å². The molecule has 270 valence electrons. The Balaban J connectivity index is 1.18. The van der Waals surface area contributed by atoms with Gasteiger partial charge in [0.1, 0.15) is 11.5 Å². The Morgan fingerprint density at radius 1 is 0.375 bits per heavy atom. The Hall–Kier alpha value is -7.11. The molecule has 9 aromatic rings. The van der Waals surface area contributed by atoms with Crippen LogP contribution in [0.1, 0.15) is 25.2 Å². The summed E-state index contributed by atoms with van der Waals surface area (Å²) in [6.45, 7) is 4.04. The lowest BCUT2D eigenvalue weighted by Gasteiger charge is -2.17. The Morgan fingerprint density at radius 3 is 1.09 bits per heavy atom. The fourth-order valence-corrected chi connectivity index (χ4v) is 7.90. The van der Waals surface area contributed by atoms with Crippen molar-refractivity contribution in [3.05, 3.63) is 175 Å². The van der Waals surface area contributed by atoms with Gasteiger partial charge in [0.05, 0.1) is 48.4 Å². The van der Waals surface area contributed by atoms with Crippen molar-refractivity contribution >= 4 is 65.9 Å². The molecular weight excluding hydrogens is 687 g/mol. The van der Waals surface area contributed by atoms with Gasteiger partial charge in [0.25, 0.3) is 0 Å². The SMILES string of the molecule is COc1ccc2ccccc2c1-c1c(N=C(C)c2cccc(C(C)=Nc3ccc4ccccc4c3-c3c(OC)ccc4ccccc34)n2)ccc2ccccc12. The zero-order chi connectivity index (χ0) is 38.2. The average molecular weight is 726 g/mol. The number of fused-ring (bicyclic) bond motifs is 4. The van der Waals surface area contributed by atoms with Crippen molar-refractivity contribution in [1.29, 1.82) is 0 Å². The molecule has 5 heteroatoms. The first kappa shape index (κ1) is 34.6. The van der Waals surface area contributed by atoms with E-state index < -0.39 is 0 Å². The third-order valence-corrected chi connectivity index (χ3v) is 10.6. The van der Waals surface area contributed by atoms with Crippen LogP contribution >= 0.6 is 0 Å². The second kappa shape index (κ2) is 14.6. The summed E-state index contributed by atoms with van der Waals surface area (Å²) in [7, 11) is 3.46. The first-order valence-corrected chi connectivity index (χ1v) is 18.8. The molecule has 9 rings (SSSR count). The van der Waals surface area contributed by atoms with E-state index >= 15 is 0 Å². The monoisotopic (exact) mass is 725 g/mol. The molecular formula is C51H39N3O2. The van der Waals surface area contributed by atoms with Crippen LogP contribution in [0.5, 0.6) is 11.5 Å². The van der Waals surface area contributed by atoms with Crippen LogP contribution in [0, 0.1) is 0 Å². The molecule has 0 saturated carbocycles. The van der Waals surface area contributed by atoms with Gasteiger partial charge in [-0.15, -0.1) is 0 Å². The van der Waals surface area contributed by atoms with Gasteiger partial charge in [-0.2, -0.15) is 0 Å². The van der Waals surface area contributed by atoms with Gasteiger partial charge in [0.15, 0.2) is 0 Å². The minimum absolute atomic E-state index is 0.774. The highest BCUT2D eigenvalue weighted by molar-refractivity contribution is 6.14. The van der Waals surface area contributed by atoms with Crippen molar-refractivity contribution in [2.24, 2.45) is 9.98 Å². The zero-order valence-corrected chi connectivity index (χ0v) is 31.7. The highest BCUT2D eigenvalue weighted by atomic mass is 16.5. The lowest BCUT2D eigenvalue weighted by molar-refractivity contribution is 0.417. The summed E-state index contributed by atoms with van der Waals surface area (Å²) in [5.74, 6) is 1.60. The van der Waals surface area contributed by atoms with Gasteiger partial charge in [0.2, 0.25) is 0 Å². The first-order valence-electron chi connectivity index (χ1n) is 18.8. The smallest absolute Gasteiger partial charge is 0.127 e. The van der Waals surface area contributed by atoms with Gasteiger partial charge in [-0.25, -0.2) is 4.98 Å². The number of nitrogens with zero attached hydrogens (tertiary/aromatic N) is 3. The molecule has 1 heterocycles. The Labute approximate surface area is 326 Å². The molecule has 0 saturated heterocycles. The molecule has 0 aliphatic carbocycles. The minimum Gasteiger partial charge on any atom is -0.496 e. The second-order valence-corrected chi connectivity index (χ2v) is 13.9. The molecule has 0 atom stereocenters. The number of pyridine rings is 1. The Kier molecular flexibility index (Phi) is 9.04. The molecule has 1 aromatic heterocycles. The van der Waals surface area contributed by atoms with Gasteiger partial charge >= 0.3 is 0 Å². The number of rotatable bonds is 8. The molecule has 0 N–H and O–H groups in total. The van der Waals surface area contributed by atoms with Crippen LogP contribution in [0.3, 0.4) is 0 Å². The van der Waals surface area contributed by atoms with Crippen LogP contribution in [0.25, 0.3) is 65.3 Å². The molecule has 0 bridgehead atoms. The van der Waals surface area contributed by atoms with E-state index in [0.29, 0.717) is 0 Å². The van der Waals surface area contributed by atoms with Crippen LogP contribution < -0.4 is 9.47 Å². The zero-order valence-electron chi connectivity index (χ0n) is 31.7. The predicted molar refractivity (Wildman–Crippen MR) is 235 cm³/mol. The van der Waals surface area contributed by atoms with Crippen molar-refractivity contribution in [1.82, 2.24) is 4.98 Å². The topological polar surface area (TPSA) is 56.1 Å². The molecule has 0 amide bonds. The average Bonchev–Trinajstić information content (AvgIpc) is 3.25. The molecule has 0 spiro atoms. The lowest BCUT2D eigenvalue weighted by Crippen LogP contribution is -2.05. The fraction of sp³-hybridized carbons (Fsp3) is 0.0784. The lowest BCUT2D eigenvalue weighted by atomic mass is 9.91. The molecule has 0 radical (unpaired) electrons. The van der Waals surface area contributed by atoms with Gasteiger partial charge in [0, 0.05) is 22.3 Å². The fourth-order valence-electron chi connectivity index (χ4n) is 7.90. The maximum Gasteiger partial charge on any atom is 0.127 e. The van der Waals surface area contributed by atoms with E-state index in [2.05, 4.69) is 133 Å². The van der Waals surface area contributed by atoms with E-state index in [1.54, 1.807) is 14.2 Å². The van der Waals surface area contributed by atoms with Crippen LogP contribution in [-0.4, -0.2) is 30.6 Å². The summed E-state index contributed by atoms with van der Waals surface area (Å²) >= 11 is 0. The molecule has 0 fully saturated rings. The highest BCUT2D eigenvalue weighted by Gasteiger charge is 2.20. The maximum atomic E-state index is 6.01.